The molecule has 0 atom stereocenters. The Kier molecular flexibility index (Phi) is 6.82. The number of imidazole rings is 1. The molecule has 0 saturated heterocycles. The van der Waals surface area contributed by atoms with Crippen LogP contribution in [-0.4, -0.2) is 14.5 Å². The zero-order valence-electron chi connectivity index (χ0n) is 24.6. The predicted molar refractivity (Wildman–Crippen MR) is 186 cm³/mol. The first-order valence-corrected chi connectivity index (χ1v) is 15.2. The van der Waals surface area contributed by atoms with Crippen LogP contribution in [-0.2, 0) is 0 Å². The highest BCUT2D eigenvalue weighted by atomic mass is 15.1. The molecule has 0 amide bonds. The Morgan fingerprint density at radius 3 is 1.40 bits per heavy atom. The third-order valence-electron chi connectivity index (χ3n) is 8.23. The second-order valence-electron chi connectivity index (χ2n) is 11.1. The van der Waals surface area contributed by atoms with Crippen molar-refractivity contribution in [3.63, 3.8) is 0 Å². The van der Waals surface area contributed by atoms with Crippen LogP contribution < -0.4 is 0 Å². The van der Waals surface area contributed by atoms with Gasteiger partial charge in [0.15, 0.2) is 0 Å². The number of hydrogen-bond donors (Lipinski definition) is 0. The van der Waals surface area contributed by atoms with Crippen molar-refractivity contribution in [1.82, 2.24) is 14.5 Å². The van der Waals surface area contributed by atoms with Crippen molar-refractivity contribution in [2.45, 2.75) is 0 Å². The summed E-state index contributed by atoms with van der Waals surface area (Å²) in [6, 6.07) is 61.4. The topological polar surface area (TPSA) is 30.7 Å². The largest absolute Gasteiger partial charge is 0.292 e. The van der Waals surface area contributed by atoms with Crippen molar-refractivity contribution in [2.24, 2.45) is 0 Å². The van der Waals surface area contributed by atoms with Gasteiger partial charge in [0.25, 0.3) is 0 Å². The molecule has 6 aromatic carbocycles. The quantitative estimate of drug-likeness (QED) is 0.197. The third-order valence-corrected chi connectivity index (χ3v) is 8.23. The van der Waals surface area contributed by atoms with Crippen molar-refractivity contribution in [1.29, 1.82) is 0 Å². The molecule has 0 aliphatic heterocycles. The highest BCUT2D eigenvalue weighted by molar-refractivity contribution is 5.84. The van der Waals surface area contributed by atoms with E-state index < -0.39 is 0 Å². The molecule has 0 radical (unpaired) electrons. The zero-order chi connectivity index (χ0) is 30.0. The van der Waals surface area contributed by atoms with Gasteiger partial charge in [0.1, 0.15) is 5.82 Å². The Morgan fingerprint density at radius 1 is 0.333 bits per heavy atom. The molecule has 212 valence electrons. The minimum atomic E-state index is 0.916. The molecule has 8 rings (SSSR count). The number of fused-ring (bicyclic) bond motifs is 1. The summed E-state index contributed by atoms with van der Waals surface area (Å²) < 4.78 is 2.25. The van der Waals surface area contributed by atoms with Gasteiger partial charge in [-0.1, -0.05) is 140 Å². The summed E-state index contributed by atoms with van der Waals surface area (Å²) in [5.41, 5.74) is 12.9. The van der Waals surface area contributed by atoms with Gasteiger partial charge < -0.3 is 0 Å². The number of hydrogen-bond acceptors (Lipinski definition) is 2. The summed E-state index contributed by atoms with van der Waals surface area (Å²) in [7, 11) is 0. The number of aromatic nitrogens is 3. The predicted octanol–water partition coefficient (Wildman–Crippen LogP) is 10.8. The average Bonchev–Trinajstić information content (AvgIpc) is 3.52. The molecule has 0 bridgehead atoms. The molecule has 0 fully saturated rings. The lowest BCUT2D eigenvalue weighted by molar-refractivity contribution is 1.10. The summed E-state index contributed by atoms with van der Waals surface area (Å²) in [5.74, 6) is 0.916. The van der Waals surface area contributed by atoms with Crippen LogP contribution in [0.3, 0.4) is 0 Å². The molecule has 45 heavy (non-hydrogen) atoms. The molecule has 8 aromatic rings. The molecule has 3 heteroatoms. The van der Waals surface area contributed by atoms with E-state index >= 15 is 0 Å². The summed E-state index contributed by atoms with van der Waals surface area (Å²) in [4.78, 5) is 10.2. The molecule has 0 aliphatic carbocycles. The number of para-hydroxylation sites is 2. The van der Waals surface area contributed by atoms with E-state index in [9.17, 15) is 0 Å². The minimum absolute atomic E-state index is 0.916. The van der Waals surface area contributed by atoms with Gasteiger partial charge in [-0.25, -0.2) is 9.97 Å². The number of pyridine rings is 1. The summed E-state index contributed by atoms with van der Waals surface area (Å²) in [6.45, 7) is 0. The monoisotopic (exact) mass is 575 g/mol. The van der Waals surface area contributed by atoms with Crippen molar-refractivity contribution in [2.75, 3.05) is 0 Å². The summed E-state index contributed by atoms with van der Waals surface area (Å²) in [6.07, 6.45) is 0. The number of benzene rings is 6. The van der Waals surface area contributed by atoms with E-state index in [-0.39, 0.29) is 0 Å². The Morgan fingerprint density at radius 2 is 0.778 bits per heavy atom. The van der Waals surface area contributed by atoms with Crippen molar-refractivity contribution in [3.8, 4) is 61.8 Å². The zero-order valence-corrected chi connectivity index (χ0v) is 24.6. The van der Waals surface area contributed by atoms with Crippen molar-refractivity contribution < 1.29 is 0 Å². The van der Waals surface area contributed by atoms with E-state index in [0.29, 0.717) is 0 Å². The molecule has 0 aliphatic rings. The minimum Gasteiger partial charge on any atom is -0.292 e. The highest BCUT2D eigenvalue weighted by Gasteiger charge is 2.15. The first-order valence-electron chi connectivity index (χ1n) is 15.2. The van der Waals surface area contributed by atoms with Gasteiger partial charge in [-0.2, -0.15) is 0 Å². The summed E-state index contributed by atoms with van der Waals surface area (Å²) >= 11 is 0. The van der Waals surface area contributed by atoms with Crippen molar-refractivity contribution >= 4 is 11.0 Å². The molecule has 2 heterocycles. The van der Waals surface area contributed by atoms with E-state index in [1.807, 2.05) is 24.3 Å². The summed E-state index contributed by atoms with van der Waals surface area (Å²) in [5, 5.41) is 0. The van der Waals surface area contributed by atoms with Crippen LogP contribution >= 0.6 is 0 Å². The lowest BCUT2D eigenvalue weighted by Crippen LogP contribution is -1.98. The Labute approximate surface area is 262 Å². The lowest BCUT2D eigenvalue weighted by atomic mass is 10.00. The molecular formula is C42H29N3. The SMILES string of the molecule is c1ccc(-c2ccc(-c3nc4ccccc4n3-c3ccc(-c4cc(-c5ccccc5)cc(-c5ccccc5)n4)cc3)cc2)cc1. The standard InChI is InChI=1S/C42H29N3/c1-4-12-30(13-5-1)32-20-22-35(23-21-32)42-44-38-18-10-11-19-41(38)45(42)37-26-24-34(25-27-37)40-29-36(31-14-6-2-7-15-31)28-39(43-40)33-16-8-3-9-17-33/h1-29H. The van der Waals surface area contributed by atoms with E-state index in [0.717, 1.165) is 56.2 Å². The fourth-order valence-electron chi connectivity index (χ4n) is 5.94. The van der Waals surface area contributed by atoms with Gasteiger partial charge in [0, 0.05) is 22.4 Å². The fraction of sp³-hybridized carbons (Fsp3) is 0. The van der Waals surface area contributed by atoms with Gasteiger partial charge in [0.2, 0.25) is 0 Å². The normalized spacial score (nSPS) is 11.1. The first kappa shape index (κ1) is 26.6. The number of rotatable bonds is 6. The van der Waals surface area contributed by atoms with E-state index in [1.54, 1.807) is 0 Å². The Hall–Kier alpha value is -6.06. The van der Waals surface area contributed by atoms with Crippen LogP contribution in [0.5, 0.6) is 0 Å². The fourth-order valence-corrected chi connectivity index (χ4v) is 5.94. The van der Waals surface area contributed by atoms with Gasteiger partial charge in [-0.3, -0.25) is 4.57 Å². The van der Waals surface area contributed by atoms with Crippen LogP contribution in [0.15, 0.2) is 176 Å². The maximum absolute atomic E-state index is 5.12. The molecule has 3 nitrogen and oxygen atoms in total. The van der Waals surface area contributed by atoms with Crippen LogP contribution in [0.1, 0.15) is 0 Å². The van der Waals surface area contributed by atoms with Gasteiger partial charge in [-0.15, -0.1) is 0 Å². The molecule has 0 spiro atoms. The Balaban J connectivity index is 1.21. The van der Waals surface area contributed by atoms with Gasteiger partial charge in [-0.05, 0) is 58.7 Å². The molecule has 0 N–H and O–H groups in total. The van der Waals surface area contributed by atoms with E-state index in [4.69, 9.17) is 9.97 Å². The van der Waals surface area contributed by atoms with Crippen LogP contribution in [0.25, 0.3) is 72.9 Å². The molecule has 2 aromatic heterocycles. The van der Waals surface area contributed by atoms with Gasteiger partial charge in [0.05, 0.1) is 22.4 Å². The average molecular weight is 576 g/mol. The first-order chi connectivity index (χ1) is 22.3. The van der Waals surface area contributed by atoms with Crippen LogP contribution in [0.2, 0.25) is 0 Å². The van der Waals surface area contributed by atoms with E-state index in [1.165, 1.54) is 16.7 Å². The second kappa shape index (κ2) is 11.6. The Bertz CT molecular complexity index is 2160. The van der Waals surface area contributed by atoms with Crippen molar-refractivity contribution in [3.05, 3.63) is 176 Å². The third kappa shape index (κ3) is 5.21. The highest BCUT2D eigenvalue weighted by Crippen LogP contribution is 2.33. The molecular weight excluding hydrogens is 546 g/mol. The van der Waals surface area contributed by atoms with E-state index in [2.05, 4.69) is 156 Å². The van der Waals surface area contributed by atoms with Crippen LogP contribution in [0, 0.1) is 0 Å². The second-order valence-corrected chi connectivity index (χ2v) is 11.1. The maximum Gasteiger partial charge on any atom is 0.145 e. The molecule has 0 unspecified atom stereocenters. The van der Waals surface area contributed by atoms with Crippen LogP contribution in [0.4, 0.5) is 0 Å². The maximum atomic E-state index is 5.12. The van der Waals surface area contributed by atoms with Gasteiger partial charge >= 0.3 is 0 Å². The lowest BCUT2D eigenvalue weighted by Gasteiger charge is -2.13. The smallest absolute Gasteiger partial charge is 0.145 e. The molecule has 0 saturated carbocycles. The number of nitrogens with zero attached hydrogens (tertiary/aromatic N) is 3.